The molecular formula is C13H17F2NO2S. The molecule has 0 heterocycles. The van der Waals surface area contributed by atoms with Crippen LogP contribution in [0.5, 0.6) is 0 Å². The smallest absolute Gasteiger partial charge is 0.185 e. The third kappa shape index (κ3) is 2.79. The van der Waals surface area contributed by atoms with Gasteiger partial charge in [0.15, 0.2) is 9.84 Å². The molecule has 3 nitrogen and oxygen atoms in total. The number of sulfone groups is 1. The summed E-state index contributed by atoms with van der Waals surface area (Å²) in [5.74, 6) is -1.79. The van der Waals surface area contributed by atoms with Crippen molar-refractivity contribution in [1.29, 1.82) is 0 Å². The Bertz CT molecular complexity index is 560. The Morgan fingerprint density at radius 1 is 1.21 bits per heavy atom. The van der Waals surface area contributed by atoms with Crippen LogP contribution in [0.25, 0.3) is 0 Å². The summed E-state index contributed by atoms with van der Waals surface area (Å²) >= 11 is 0. The first-order valence-corrected chi connectivity index (χ1v) is 7.87. The van der Waals surface area contributed by atoms with Gasteiger partial charge in [0.1, 0.15) is 16.5 Å². The summed E-state index contributed by atoms with van der Waals surface area (Å²) in [6.45, 7) is 0. The van der Waals surface area contributed by atoms with Gasteiger partial charge in [-0.1, -0.05) is 12.8 Å². The lowest BCUT2D eigenvalue weighted by Crippen LogP contribution is -2.44. The summed E-state index contributed by atoms with van der Waals surface area (Å²) in [5.41, 5.74) is 0. The molecule has 0 radical (unpaired) electrons. The fraction of sp³-hybridized carbons (Fsp3) is 0.538. The van der Waals surface area contributed by atoms with Crippen molar-refractivity contribution in [2.45, 2.75) is 41.9 Å². The first-order valence-electron chi connectivity index (χ1n) is 6.33. The Labute approximate surface area is 111 Å². The number of benzene rings is 1. The minimum Gasteiger partial charge on any atom is -0.316 e. The molecule has 1 N–H and O–H groups in total. The zero-order valence-corrected chi connectivity index (χ0v) is 11.5. The highest BCUT2D eigenvalue weighted by atomic mass is 32.2. The van der Waals surface area contributed by atoms with Crippen molar-refractivity contribution < 1.29 is 17.2 Å². The molecule has 1 aliphatic carbocycles. The van der Waals surface area contributed by atoms with Crippen molar-refractivity contribution in [2.75, 3.05) is 7.05 Å². The van der Waals surface area contributed by atoms with Crippen LogP contribution >= 0.6 is 0 Å². The molecule has 1 saturated carbocycles. The highest BCUT2D eigenvalue weighted by Gasteiger charge is 2.37. The maximum atomic E-state index is 13.7. The van der Waals surface area contributed by atoms with Gasteiger partial charge in [0.25, 0.3) is 0 Å². The van der Waals surface area contributed by atoms with E-state index in [1.54, 1.807) is 7.05 Å². The SMILES string of the molecule is CNC1CCCCC1S(=O)(=O)c1ccc(F)cc1F. The lowest BCUT2D eigenvalue weighted by Gasteiger charge is -2.30. The summed E-state index contributed by atoms with van der Waals surface area (Å²) < 4.78 is 51.5. The van der Waals surface area contributed by atoms with Crippen molar-refractivity contribution in [3.05, 3.63) is 29.8 Å². The van der Waals surface area contributed by atoms with Gasteiger partial charge in [0.05, 0.1) is 5.25 Å². The molecule has 0 bridgehead atoms. The van der Waals surface area contributed by atoms with E-state index in [4.69, 9.17) is 0 Å². The molecule has 1 aliphatic rings. The lowest BCUT2D eigenvalue weighted by molar-refractivity contribution is 0.388. The number of rotatable bonds is 3. The minimum absolute atomic E-state index is 0.178. The van der Waals surface area contributed by atoms with Crippen LogP contribution < -0.4 is 5.32 Å². The van der Waals surface area contributed by atoms with E-state index in [0.717, 1.165) is 31.4 Å². The van der Waals surface area contributed by atoms with Crippen LogP contribution in [0.4, 0.5) is 8.78 Å². The first kappa shape index (κ1) is 14.4. The average molecular weight is 289 g/mol. The monoisotopic (exact) mass is 289 g/mol. The van der Waals surface area contributed by atoms with Crippen molar-refractivity contribution >= 4 is 9.84 Å². The maximum Gasteiger partial charge on any atom is 0.185 e. The van der Waals surface area contributed by atoms with Crippen molar-refractivity contribution in [1.82, 2.24) is 5.32 Å². The summed E-state index contributed by atoms with van der Waals surface area (Å²) in [5, 5.41) is 2.34. The molecule has 1 fully saturated rings. The summed E-state index contributed by atoms with van der Waals surface area (Å²) in [6.07, 6.45) is 3.03. The largest absolute Gasteiger partial charge is 0.316 e. The molecule has 0 aliphatic heterocycles. The van der Waals surface area contributed by atoms with E-state index in [-0.39, 0.29) is 6.04 Å². The molecule has 1 aromatic carbocycles. The fourth-order valence-electron chi connectivity index (χ4n) is 2.67. The molecule has 1 aromatic rings. The average Bonchev–Trinajstić information content (AvgIpc) is 2.38. The molecule has 2 unspecified atom stereocenters. The summed E-state index contributed by atoms with van der Waals surface area (Å²) in [7, 11) is -2.07. The van der Waals surface area contributed by atoms with Crippen molar-refractivity contribution in [3.8, 4) is 0 Å². The van der Waals surface area contributed by atoms with E-state index < -0.39 is 31.6 Å². The molecule has 0 saturated heterocycles. The van der Waals surface area contributed by atoms with Crippen LogP contribution in [0.15, 0.2) is 23.1 Å². The van der Waals surface area contributed by atoms with E-state index in [0.29, 0.717) is 12.5 Å². The van der Waals surface area contributed by atoms with Gasteiger partial charge in [-0.05, 0) is 32.0 Å². The van der Waals surface area contributed by atoms with Crippen LogP contribution in [0, 0.1) is 11.6 Å². The highest BCUT2D eigenvalue weighted by molar-refractivity contribution is 7.92. The second-order valence-electron chi connectivity index (χ2n) is 4.84. The third-order valence-electron chi connectivity index (χ3n) is 3.67. The highest BCUT2D eigenvalue weighted by Crippen LogP contribution is 2.30. The summed E-state index contributed by atoms with van der Waals surface area (Å²) in [6, 6.07) is 2.43. The fourth-order valence-corrected chi connectivity index (χ4v) is 4.76. The third-order valence-corrected chi connectivity index (χ3v) is 5.98. The first-order chi connectivity index (χ1) is 8.96. The van der Waals surface area contributed by atoms with Gasteiger partial charge >= 0.3 is 0 Å². The molecule has 2 rings (SSSR count). The Morgan fingerprint density at radius 2 is 1.89 bits per heavy atom. The minimum atomic E-state index is -3.77. The van der Waals surface area contributed by atoms with Gasteiger partial charge in [-0.2, -0.15) is 0 Å². The molecule has 0 aromatic heterocycles. The predicted molar refractivity (Wildman–Crippen MR) is 68.6 cm³/mol. The zero-order chi connectivity index (χ0) is 14.0. The Morgan fingerprint density at radius 3 is 2.53 bits per heavy atom. The van der Waals surface area contributed by atoms with Crippen LogP contribution in [0.1, 0.15) is 25.7 Å². The second-order valence-corrected chi connectivity index (χ2v) is 6.97. The predicted octanol–water partition coefficient (Wildman–Crippen LogP) is 2.27. The zero-order valence-electron chi connectivity index (χ0n) is 10.7. The van der Waals surface area contributed by atoms with Gasteiger partial charge in [0.2, 0.25) is 0 Å². The van der Waals surface area contributed by atoms with Crippen LogP contribution in [-0.2, 0) is 9.84 Å². The summed E-state index contributed by atoms with van der Waals surface area (Å²) in [4.78, 5) is -0.402. The second kappa shape index (κ2) is 5.54. The molecule has 0 amide bonds. The topological polar surface area (TPSA) is 46.2 Å². The molecule has 19 heavy (non-hydrogen) atoms. The van der Waals surface area contributed by atoms with Crippen LogP contribution in [0.3, 0.4) is 0 Å². The van der Waals surface area contributed by atoms with Gasteiger partial charge < -0.3 is 5.32 Å². The Hall–Kier alpha value is -1.01. The number of nitrogens with one attached hydrogen (secondary N) is 1. The van der Waals surface area contributed by atoms with E-state index in [2.05, 4.69) is 5.32 Å². The number of hydrogen-bond acceptors (Lipinski definition) is 3. The number of halogens is 2. The van der Waals surface area contributed by atoms with Gasteiger partial charge in [-0.15, -0.1) is 0 Å². The van der Waals surface area contributed by atoms with E-state index in [9.17, 15) is 17.2 Å². The van der Waals surface area contributed by atoms with Crippen molar-refractivity contribution in [2.24, 2.45) is 0 Å². The molecule has 2 atom stereocenters. The maximum absolute atomic E-state index is 13.7. The van der Waals surface area contributed by atoms with E-state index in [1.807, 2.05) is 0 Å². The van der Waals surface area contributed by atoms with Gasteiger partial charge in [-0.25, -0.2) is 17.2 Å². The molecule has 0 spiro atoms. The van der Waals surface area contributed by atoms with Crippen LogP contribution in [-0.4, -0.2) is 26.8 Å². The molecular weight excluding hydrogens is 272 g/mol. The Kier molecular flexibility index (Phi) is 4.20. The Balaban J connectivity index is 2.40. The van der Waals surface area contributed by atoms with E-state index in [1.165, 1.54) is 0 Å². The van der Waals surface area contributed by atoms with Gasteiger partial charge in [0, 0.05) is 12.1 Å². The van der Waals surface area contributed by atoms with Crippen LogP contribution in [0.2, 0.25) is 0 Å². The number of hydrogen-bond donors (Lipinski definition) is 1. The van der Waals surface area contributed by atoms with Gasteiger partial charge in [-0.3, -0.25) is 0 Å². The van der Waals surface area contributed by atoms with Crippen molar-refractivity contribution in [3.63, 3.8) is 0 Å². The standard InChI is InChI=1S/C13H17F2NO2S/c1-16-11-4-2-3-5-13(11)19(17,18)12-7-6-9(14)8-10(12)15/h6-8,11,13,16H,2-5H2,1H3. The molecule has 6 heteroatoms. The lowest BCUT2D eigenvalue weighted by atomic mass is 9.95. The molecule has 106 valence electrons. The normalized spacial score (nSPS) is 24.4. The quantitative estimate of drug-likeness (QED) is 0.868. The van der Waals surface area contributed by atoms with E-state index >= 15 is 0 Å².